The molecule has 1 saturated heterocycles. The van der Waals surface area contributed by atoms with E-state index in [0.29, 0.717) is 0 Å². The lowest BCUT2D eigenvalue weighted by Crippen LogP contribution is -2.56. The van der Waals surface area contributed by atoms with Crippen molar-refractivity contribution < 1.29 is 17.8 Å². The molecule has 1 heterocycles. The van der Waals surface area contributed by atoms with Crippen LogP contribution in [0.25, 0.3) is 0 Å². The summed E-state index contributed by atoms with van der Waals surface area (Å²) in [5, 5.41) is 0. The Morgan fingerprint density at radius 1 is 1.06 bits per heavy atom. The molecule has 0 spiro atoms. The van der Waals surface area contributed by atoms with E-state index in [-0.39, 0.29) is 0 Å². The second-order valence-corrected chi connectivity index (χ2v) is 8.49. The molecule has 1 aliphatic rings. The summed E-state index contributed by atoms with van der Waals surface area (Å²) < 4.78 is 17.8. The standard InChI is InChI=1S/C13H30NO3Si/c1-6-13(2)14(9-7-8-10-14)11-12-18(15-3,16-4)17-5/h13H,6-12H2,1-5H3/q+1. The fourth-order valence-electron chi connectivity index (χ4n) is 3.15. The topological polar surface area (TPSA) is 27.7 Å². The lowest BCUT2D eigenvalue weighted by molar-refractivity contribution is -0.937. The van der Waals surface area contributed by atoms with Crippen molar-refractivity contribution >= 4 is 8.80 Å². The maximum atomic E-state index is 5.54. The van der Waals surface area contributed by atoms with Crippen molar-refractivity contribution in [2.45, 2.75) is 45.2 Å². The minimum absolute atomic E-state index is 0.727. The van der Waals surface area contributed by atoms with Crippen LogP contribution in [0.1, 0.15) is 33.1 Å². The van der Waals surface area contributed by atoms with Crippen molar-refractivity contribution in [1.82, 2.24) is 0 Å². The van der Waals surface area contributed by atoms with E-state index in [1.807, 2.05) is 0 Å². The zero-order valence-corrected chi connectivity index (χ0v) is 13.7. The Morgan fingerprint density at radius 2 is 1.56 bits per heavy atom. The molecule has 0 N–H and O–H groups in total. The third-order valence-electron chi connectivity index (χ3n) is 4.78. The van der Waals surface area contributed by atoms with Gasteiger partial charge in [0.25, 0.3) is 0 Å². The molecular formula is C13H30NO3Si+. The fourth-order valence-corrected chi connectivity index (χ4v) is 4.98. The molecule has 0 aromatic rings. The summed E-state index contributed by atoms with van der Waals surface area (Å²) in [6.45, 7) is 8.39. The SMILES string of the molecule is CCC(C)[N+]1(CC[Si](OC)(OC)OC)CCCC1. The van der Waals surface area contributed by atoms with Gasteiger partial charge in [-0.2, -0.15) is 0 Å². The highest BCUT2D eigenvalue weighted by Gasteiger charge is 2.44. The Labute approximate surface area is 113 Å². The number of likely N-dealkylation sites (tertiary alicyclic amines) is 1. The maximum absolute atomic E-state index is 5.54. The first-order valence-corrected chi connectivity index (χ1v) is 9.02. The number of hydrogen-bond donors (Lipinski definition) is 0. The fraction of sp³-hybridized carbons (Fsp3) is 1.00. The highest BCUT2D eigenvalue weighted by molar-refractivity contribution is 6.60. The van der Waals surface area contributed by atoms with Gasteiger partial charge < -0.3 is 17.8 Å². The van der Waals surface area contributed by atoms with E-state index in [1.54, 1.807) is 21.3 Å². The molecule has 0 amide bonds. The van der Waals surface area contributed by atoms with Crippen LogP contribution in [0.5, 0.6) is 0 Å². The van der Waals surface area contributed by atoms with E-state index in [0.717, 1.165) is 18.6 Å². The van der Waals surface area contributed by atoms with Gasteiger partial charge >= 0.3 is 8.80 Å². The molecule has 0 aromatic carbocycles. The smallest absolute Gasteiger partial charge is 0.377 e. The molecule has 0 radical (unpaired) electrons. The van der Waals surface area contributed by atoms with E-state index in [9.17, 15) is 0 Å². The quantitative estimate of drug-likeness (QED) is 0.503. The summed E-state index contributed by atoms with van der Waals surface area (Å²) in [6.07, 6.45) is 3.94. The van der Waals surface area contributed by atoms with Gasteiger partial charge in [-0.05, 0) is 13.3 Å². The number of nitrogens with zero attached hydrogens (tertiary/aromatic N) is 1. The van der Waals surface area contributed by atoms with Crippen molar-refractivity contribution in [3.05, 3.63) is 0 Å². The molecule has 108 valence electrons. The zero-order valence-electron chi connectivity index (χ0n) is 12.7. The molecule has 0 bridgehead atoms. The average Bonchev–Trinajstić information content (AvgIpc) is 2.90. The minimum Gasteiger partial charge on any atom is -0.377 e. The van der Waals surface area contributed by atoms with Crippen LogP contribution in [-0.2, 0) is 13.3 Å². The van der Waals surface area contributed by atoms with Crippen molar-refractivity contribution in [1.29, 1.82) is 0 Å². The summed E-state index contributed by atoms with van der Waals surface area (Å²) in [5.41, 5.74) is 0. The summed E-state index contributed by atoms with van der Waals surface area (Å²) in [6, 6.07) is 1.64. The monoisotopic (exact) mass is 276 g/mol. The summed E-state index contributed by atoms with van der Waals surface area (Å²) in [5.74, 6) is 0. The van der Waals surface area contributed by atoms with Crippen LogP contribution in [0.15, 0.2) is 0 Å². The predicted octanol–water partition coefficient (Wildman–Crippen LogP) is 2.27. The Morgan fingerprint density at radius 3 is 1.94 bits per heavy atom. The molecular weight excluding hydrogens is 246 g/mol. The summed E-state index contributed by atoms with van der Waals surface area (Å²) in [7, 11) is 2.71. The molecule has 4 nitrogen and oxygen atoms in total. The Bertz CT molecular complexity index is 232. The number of hydrogen-bond acceptors (Lipinski definition) is 3. The van der Waals surface area contributed by atoms with Crippen LogP contribution in [0.4, 0.5) is 0 Å². The predicted molar refractivity (Wildman–Crippen MR) is 75.4 cm³/mol. The minimum atomic E-state index is -2.41. The zero-order chi connectivity index (χ0) is 13.6. The molecule has 0 aromatic heterocycles. The second-order valence-electron chi connectivity index (χ2n) is 5.40. The van der Waals surface area contributed by atoms with Gasteiger partial charge in [0.05, 0.1) is 31.7 Å². The summed E-state index contributed by atoms with van der Waals surface area (Å²) in [4.78, 5) is 0. The molecule has 1 rings (SSSR count). The highest BCUT2D eigenvalue weighted by atomic mass is 28.4. The van der Waals surface area contributed by atoms with Gasteiger partial charge in [-0.1, -0.05) is 6.92 Å². The first-order valence-electron chi connectivity index (χ1n) is 7.09. The van der Waals surface area contributed by atoms with E-state index in [2.05, 4.69) is 13.8 Å². The van der Waals surface area contributed by atoms with Gasteiger partial charge in [-0.25, -0.2) is 0 Å². The van der Waals surface area contributed by atoms with Gasteiger partial charge in [0.1, 0.15) is 0 Å². The molecule has 1 aliphatic heterocycles. The van der Waals surface area contributed by atoms with Crippen LogP contribution in [0.3, 0.4) is 0 Å². The summed E-state index contributed by atoms with van der Waals surface area (Å²) >= 11 is 0. The van der Waals surface area contributed by atoms with E-state index in [4.69, 9.17) is 13.3 Å². The van der Waals surface area contributed by atoms with Gasteiger partial charge in [-0.3, -0.25) is 0 Å². The Balaban J connectivity index is 2.67. The molecule has 5 heteroatoms. The third-order valence-corrected chi connectivity index (χ3v) is 7.48. The van der Waals surface area contributed by atoms with E-state index in [1.165, 1.54) is 36.8 Å². The highest BCUT2D eigenvalue weighted by Crippen LogP contribution is 2.28. The van der Waals surface area contributed by atoms with E-state index < -0.39 is 8.80 Å². The van der Waals surface area contributed by atoms with Gasteiger partial charge in [0.2, 0.25) is 0 Å². The lowest BCUT2D eigenvalue weighted by atomic mass is 10.2. The largest absolute Gasteiger partial charge is 0.505 e. The van der Waals surface area contributed by atoms with Crippen LogP contribution in [-0.4, -0.2) is 60.3 Å². The van der Waals surface area contributed by atoms with Crippen LogP contribution < -0.4 is 0 Å². The third kappa shape index (κ3) is 3.33. The Kier molecular flexibility index (Phi) is 6.27. The van der Waals surface area contributed by atoms with Crippen LogP contribution in [0, 0.1) is 0 Å². The molecule has 0 aliphatic carbocycles. The Hall–Kier alpha value is 0.0569. The van der Waals surface area contributed by atoms with Crippen LogP contribution in [0.2, 0.25) is 6.04 Å². The van der Waals surface area contributed by atoms with Crippen molar-refractivity contribution in [3.63, 3.8) is 0 Å². The normalized spacial score (nSPS) is 21.2. The maximum Gasteiger partial charge on any atom is 0.505 e. The van der Waals surface area contributed by atoms with Crippen molar-refractivity contribution in [2.75, 3.05) is 41.0 Å². The average molecular weight is 276 g/mol. The van der Waals surface area contributed by atoms with Gasteiger partial charge in [0, 0.05) is 34.2 Å². The van der Waals surface area contributed by atoms with Crippen molar-refractivity contribution in [3.8, 4) is 0 Å². The molecule has 1 unspecified atom stereocenters. The van der Waals surface area contributed by atoms with E-state index >= 15 is 0 Å². The number of rotatable bonds is 8. The molecule has 18 heavy (non-hydrogen) atoms. The first-order chi connectivity index (χ1) is 8.58. The lowest BCUT2D eigenvalue weighted by Gasteiger charge is -2.41. The second kappa shape index (κ2) is 7.00. The van der Waals surface area contributed by atoms with Crippen molar-refractivity contribution in [2.24, 2.45) is 0 Å². The number of quaternary nitrogens is 1. The van der Waals surface area contributed by atoms with Crippen LogP contribution >= 0.6 is 0 Å². The molecule has 1 fully saturated rings. The van der Waals surface area contributed by atoms with Gasteiger partial charge in [-0.15, -0.1) is 0 Å². The van der Waals surface area contributed by atoms with Gasteiger partial charge in [0.15, 0.2) is 0 Å². The molecule has 1 atom stereocenters. The first kappa shape index (κ1) is 16.1. The molecule has 0 saturated carbocycles.